The SMILES string of the molecule is Cc1nc2c(C(=O)O)cccc2n1C1(C)CCS(=O)(=O)C1. The van der Waals surface area contributed by atoms with Gasteiger partial charge in [0.2, 0.25) is 0 Å². The highest BCUT2D eigenvalue weighted by molar-refractivity contribution is 7.91. The molecule has 21 heavy (non-hydrogen) atoms. The summed E-state index contributed by atoms with van der Waals surface area (Å²) in [4.78, 5) is 15.7. The third-order valence-electron chi connectivity index (χ3n) is 4.11. The molecule has 0 spiro atoms. The number of hydrogen-bond acceptors (Lipinski definition) is 4. The van der Waals surface area contributed by atoms with E-state index < -0.39 is 21.3 Å². The standard InChI is InChI=1S/C14H16N2O4S/c1-9-15-12-10(13(17)18)4-3-5-11(12)16(9)14(2)6-7-21(19,20)8-14/h3-5H,6-8H2,1-2H3,(H,17,18). The zero-order chi connectivity index (χ0) is 15.4. The number of aromatic carboxylic acids is 1. The molecule has 2 aromatic rings. The summed E-state index contributed by atoms with van der Waals surface area (Å²) in [6.07, 6.45) is 0.513. The number of carboxylic acid groups (broad SMARTS) is 1. The molecule has 1 aromatic heterocycles. The van der Waals surface area contributed by atoms with Crippen LogP contribution in [0.15, 0.2) is 18.2 Å². The number of imidazole rings is 1. The van der Waals surface area contributed by atoms with Gasteiger partial charge < -0.3 is 9.67 Å². The number of aromatic nitrogens is 2. The van der Waals surface area contributed by atoms with E-state index in [0.29, 0.717) is 23.3 Å². The summed E-state index contributed by atoms with van der Waals surface area (Å²) < 4.78 is 25.5. The van der Waals surface area contributed by atoms with Crippen LogP contribution in [0.5, 0.6) is 0 Å². The Morgan fingerprint density at radius 1 is 1.43 bits per heavy atom. The van der Waals surface area contributed by atoms with Gasteiger partial charge in [0.25, 0.3) is 0 Å². The number of benzene rings is 1. The molecule has 6 nitrogen and oxygen atoms in total. The third-order valence-corrected chi connectivity index (χ3v) is 5.99. The Hall–Kier alpha value is -1.89. The first-order valence-corrected chi connectivity index (χ1v) is 8.48. The molecule has 1 fully saturated rings. The Morgan fingerprint density at radius 3 is 2.71 bits per heavy atom. The van der Waals surface area contributed by atoms with Gasteiger partial charge in [-0.1, -0.05) is 6.07 Å². The molecule has 3 rings (SSSR count). The van der Waals surface area contributed by atoms with E-state index in [2.05, 4.69) is 4.98 Å². The van der Waals surface area contributed by atoms with E-state index in [1.54, 1.807) is 19.1 Å². The summed E-state index contributed by atoms with van der Waals surface area (Å²) in [5, 5.41) is 9.25. The maximum absolute atomic E-state index is 11.8. The van der Waals surface area contributed by atoms with Crippen molar-refractivity contribution < 1.29 is 18.3 Å². The van der Waals surface area contributed by atoms with E-state index in [-0.39, 0.29) is 17.1 Å². The van der Waals surface area contributed by atoms with Crippen molar-refractivity contribution in [1.29, 1.82) is 0 Å². The minimum absolute atomic E-state index is 0.0591. The number of sulfone groups is 1. The Morgan fingerprint density at radius 2 is 2.14 bits per heavy atom. The van der Waals surface area contributed by atoms with E-state index in [1.807, 2.05) is 11.5 Å². The normalized spacial score (nSPS) is 24.5. The molecule has 1 unspecified atom stereocenters. The monoisotopic (exact) mass is 308 g/mol. The van der Waals surface area contributed by atoms with Crippen molar-refractivity contribution in [3.63, 3.8) is 0 Å². The van der Waals surface area contributed by atoms with E-state index >= 15 is 0 Å². The van der Waals surface area contributed by atoms with E-state index in [9.17, 15) is 18.3 Å². The molecular weight excluding hydrogens is 292 g/mol. The van der Waals surface area contributed by atoms with Crippen LogP contribution in [-0.2, 0) is 15.4 Å². The Bertz CT molecular complexity index is 853. The fraction of sp³-hybridized carbons (Fsp3) is 0.429. The predicted octanol–water partition coefficient (Wildman–Crippen LogP) is 1.58. The number of nitrogens with zero attached hydrogens (tertiary/aromatic N) is 2. The van der Waals surface area contributed by atoms with Gasteiger partial charge in [0.1, 0.15) is 11.3 Å². The maximum atomic E-state index is 11.8. The van der Waals surface area contributed by atoms with Crippen LogP contribution in [0, 0.1) is 6.92 Å². The van der Waals surface area contributed by atoms with Crippen molar-refractivity contribution in [1.82, 2.24) is 9.55 Å². The molecule has 0 radical (unpaired) electrons. The lowest BCUT2D eigenvalue weighted by Crippen LogP contribution is -2.32. The highest BCUT2D eigenvalue weighted by Gasteiger charge is 2.41. The topological polar surface area (TPSA) is 89.3 Å². The van der Waals surface area contributed by atoms with Gasteiger partial charge in [-0.2, -0.15) is 0 Å². The van der Waals surface area contributed by atoms with E-state index in [1.165, 1.54) is 6.07 Å². The third kappa shape index (κ3) is 2.12. The highest BCUT2D eigenvalue weighted by atomic mass is 32.2. The van der Waals surface area contributed by atoms with Crippen LogP contribution in [-0.4, -0.2) is 40.6 Å². The summed E-state index contributed by atoms with van der Waals surface area (Å²) >= 11 is 0. The molecule has 112 valence electrons. The molecular formula is C14H16N2O4S. The van der Waals surface area contributed by atoms with Crippen LogP contribution in [0.4, 0.5) is 0 Å². The van der Waals surface area contributed by atoms with Crippen molar-refractivity contribution in [3.8, 4) is 0 Å². The minimum atomic E-state index is -3.06. The van der Waals surface area contributed by atoms with Crippen molar-refractivity contribution >= 4 is 26.8 Å². The van der Waals surface area contributed by atoms with Gasteiger partial charge in [0, 0.05) is 0 Å². The fourth-order valence-electron chi connectivity index (χ4n) is 3.24. The molecule has 1 N–H and O–H groups in total. The van der Waals surface area contributed by atoms with Crippen LogP contribution in [0.25, 0.3) is 11.0 Å². The number of carboxylic acids is 1. The van der Waals surface area contributed by atoms with Gasteiger partial charge in [-0.3, -0.25) is 0 Å². The lowest BCUT2D eigenvalue weighted by Gasteiger charge is -2.26. The number of hydrogen-bond donors (Lipinski definition) is 1. The highest BCUT2D eigenvalue weighted by Crippen LogP contribution is 2.35. The fourth-order valence-corrected chi connectivity index (χ4v) is 5.36. The quantitative estimate of drug-likeness (QED) is 0.909. The van der Waals surface area contributed by atoms with Crippen LogP contribution < -0.4 is 0 Å². The smallest absolute Gasteiger partial charge is 0.337 e. The largest absolute Gasteiger partial charge is 0.478 e. The second-order valence-electron chi connectivity index (χ2n) is 5.81. The summed E-state index contributed by atoms with van der Waals surface area (Å²) in [5.74, 6) is -0.182. The molecule has 2 heterocycles. The maximum Gasteiger partial charge on any atom is 0.337 e. The number of aryl methyl sites for hydroxylation is 1. The molecule has 1 aliphatic rings. The average Bonchev–Trinajstić information content (AvgIpc) is 2.85. The molecule has 0 amide bonds. The first kappa shape index (κ1) is 14.1. The molecule has 1 saturated heterocycles. The van der Waals surface area contributed by atoms with E-state index in [0.717, 1.165) is 0 Å². The summed E-state index contributed by atoms with van der Waals surface area (Å²) in [6.45, 7) is 3.67. The van der Waals surface area contributed by atoms with Gasteiger partial charge in [0.05, 0.1) is 28.1 Å². The molecule has 0 bridgehead atoms. The first-order chi connectivity index (χ1) is 9.73. The van der Waals surface area contributed by atoms with Crippen molar-refractivity contribution in [2.75, 3.05) is 11.5 Å². The van der Waals surface area contributed by atoms with Gasteiger partial charge >= 0.3 is 5.97 Å². The zero-order valence-electron chi connectivity index (χ0n) is 11.8. The zero-order valence-corrected chi connectivity index (χ0v) is 12.6. The van der Waals surface area contributed by atoms with Crippen molar-refractivity contribution in [2.24, 2.45) is 0 Å². The van der Waals surface area contributed by atoms with Crippen LogP contribution in [0.1, 0.15) is 29.5 Å². The lowest BCUT2D eigenvalue weighted by atomic mass is 10.0. The van der Waals surface area contributed by atoms with Gasteiger partial charge in [-0.15, -0.1) is 0 Å². The lowest BCUT2D eigenvalue weighted by molar-refractivity contribution is 0.0699. The molecule has 1 aromatic carbocycles. The predicted molar refractivity (Wildman–Crippen MR) is 78.3 cm³/mol. The van der Waals surface area contributed by atoms with E-state index in [4.69, 9.17) is 0 Å². The molecule has 7 heteroatoms. The van der Waals surface area contributed by atoms with Crippen LogP contribution in [0.2, 0.25) is 0 Å². The van der Waals surface area contributed by atoms with Crippen LogP contribution in [0.3, 0.4) is 0 Å². The summed E-state index contributed by atoms with van der Waals surface area (Å²) in [7, 11) is -3.06. The summed E-state index contributed by atoms with van der Waals surface area (Å²) in [5.41, 5.74) is 0.647. The number of rotatable bonds is 2. The average molecular weight is 308 g/mol. The molecule has 0 saturated carbocycles. The number of para-hydroxylation sites is 1. The number of carbonyl (C=O) groups is 1. The Labute approximate surface area is 122 Å². The van der Waals surface area contributed by atoms with Crippen molar-refractivity contribution in [2.45, 2.75) is 25.8 Å². The van der Waals surface area contributed by atoms with Gasteiger partial charge in [-0.05, 0) is 32.4 Å². The van der Waals surface area contributed by atoms with Gasteiger partial charge in [-0.25, -0.2) is 18.2 Å². The minimum Gasteiger partial charge on any atom is -0.478 e. The second-order valence-corrected chi connectivity index (χ2v) is 8.00. The van der Waals surface area contributed by atoms with Crippen LogP contribution >= 0.6 is 0 Å². The van der Waals surface area contributed by atoms with Crippen molar-refractivity contribution in [3.05, 3.63) is 29.6 Å². The number of fused-ring (bicyclic) bond motifs is 1. The molecule has 1 aliphatic heterocycles. The second kappa shape index (κ2) is 4.30. The summed E-state index contributed by atoms with van der Waals surface area (Å²) in [6, 6.07) is 4.96. The first-order valence-electron chi connectivity index (χ1n) is 6.66. The molecule has 1 atom stereocenters. The molecule has 0 aliphatic carbocycles. The Balaban J connectivity index is 2.28. The Kier molecular flexibility index (Phi) is 2.88. The van der Waals surface area contributed by atoms with Gasteiger partial charge in [0.15, 0.2) is 9.84 Å².